The third kappa shape index (κ3) is 2.88. The molecular weight excluding hydrogens is 424 g/mol. The Hall–Kier alpha value is -3.45. The third-order valence-electron chi connectivity index (χ3n) is 6.14. The number of carbonyl (C=O) groups is 1. The van der Waals surface area contributed by atoms with Gasteiger partial charge in [0.05, 0.1) is 23.8 Å². The number of aromatic nitrogens is 1. The van der Waals surface area contributed by atoms with E-state index < -0.39 is 6.04 Å². The van der Waals surface area contributed by atoms with E-state index in [0.717, 1.165) is 21.7 Å². The Bertz CT molecular complexity index is 1450. The summed E-state index contributed by atoms with van der Waals surface area (Å²) in [5, 5.41) is 0.996. The van der Waals surface area contributed by atoms with Crippen molar-refractivity contribution in [3.8, 4) is 5.75 Å². The predicted octanol–water partition coefficient (Wildman–Crippen LogP) is 5.24. The Balaban J connectivity index is 1.86. The fourth-order valence-electron chi connectivity index (χ4n) is 4.17. The number of hydrogen-bond donors (Lipinski definition) is 0. The van der Waals surface area contributed by atoms with Crippen LogP contribution in [-0.4, -0.2) is 18.0 Å². The molecule has 0 fully saturated rings. The Kier molecular flexibility index (Phi) is 4.67. The maximum Gasteiger partial charge on any atom is 0.297 e. The van der Waals surface area contributed by atoms with Crippen molar-refractivity contribution in [1.29, 1.82) is 0 Å². The number of rotatable bonds is 3. The van der Waals surface area contributed by atoms with Gasteiger partial charge in [0.25, 0.3) is 5.91 Å². The van der Waals surface area contributed by atoms with Gasteiger partial charge >= 0.3 is 0 Å². The highest BCUT2D eigenvalue weighted by atomic mass is 32.1. The zero-order chi connectivity index (χ0) is 22.7. The molecule has 0 spiro atoms. The van der Waals surface area contributed by atoms with Crippen LogP contribution >= 0.6 is 11.3 Å². The first-order valence-electron chi connectivity index (χ1n) is 10.3. The van der Waals surface area contributed by atoms with E-state index in [-0.39, 0.29) is 17.1 Å². The van der Waals surface area contributed by atoms with Gasteiger partial charge in [0.2, 0.25) is 5.76 Å². The van der Waals surface area contributed by atoms with Gasteiger partial charge in [-0.1, -0.05) is 18.2 Å². The van der Waals surface area contributed by atoms with Gasteiger partial charge in [0.1, 0.15) is 17.4 Å². The van der Waals surface area contributed by atoms with Gasteiger partial charge in [-0.15, -0.1) is 11.3 Å². The summed E-state index contributed by atoms with van der Waals surface area (Å²) < 4.78 is 11.7. The fourth-order valence-corrected chi connectivity index (χ4v) is 5.11. The van der Waals surface area contributed by atoms with E-state index >= 15 is 0 Å². The molecule has 2 aromatic carbocycles. The number of benzene rings is 2. The largest absolute Gasteiger partial charge is 0.496 e. The van der Waals surface area contributed by atoms with Crippen LogP contribution in [0, 0.1) is 27.7 Å². The van der Waals surface area contributed by atoms with E-state index in [4.69, 9.17) is 9.15 Å². The minimum atomic E-state index is -0.694. The lowest BCUT2D eigenvalue weighted by Gasteiger charge is -2.24. The van der Waals surface area contributed by atoms with Gasteiger partial charge in [0.15, 0.2) is 10.6 Å². The van der Waals surface area contributed by atoms with Crippen LogP contribution in [0.3, 0.4) is 0 Å². The van der Waals surface area contributed by atoms with Crippen molar-refractivity contribution in [2.45, 2.75) is 33.7 Å². The Morgan fingerprint density at radius 1 is 1.06 bits per heavy atom. The number of ether oxygens (including phenoxy) is 1. The van der Waals surface area contributed by atoms with Crippen molar-refractivity contribution in [2.75, 3.05) is 12.0 Å². The van der Waals surface area contributed by atoms with Crippen molar-refractivity contribution in [3.05, 3.63) is 85.2 Å². The topological polar surface area (TPSA) is 72.6 Å². The minimum Gasteiger partial charge on any atom is -0.496 e. The van der Waals surface area contributed by atoms with Crippen LogP contribution in [0.4, 0.5) is 5.13 Å². The third-order valence-corrected chi connectivity index (χ3v) is 7.22. The van der Waals surface area contributed by atoms with Crippen molar-refractivity contribution >= 4 is 33.3 Å². The fraction of sp³-hybridized carbons (Fsp3) is 0.240. The van der Waals surface area contributed by atoms with Crippen molar-refractivity contribution < 1.29 is 13.9 Å². The summed E-state index contributed by atoms with van der Waals surface area (Å²) in [6, 6.07) is 10.4. The van der Waals surface area contributed by atoms with Crippen LogP contribution in [0.1, 0.15) is 49.4 Å². The molecule has 0 N–H and O–H groups in total. The van der Waals surface area contributed by atoms with Crippen LogP contribution in [-0.2, 0) is 0 Å². The summed E-state index contributed by atoms with van der Waals surface area (Å²) in [4.78, 5) is 34.6. The number of anilines is 1. The normalized spacial score (nSPS) is 15.5. The molecule has 1 aliphatic heterocycles. The summed E-state index contributed by atoms with van der Waals surface area (Å²) in [7, 11) is 1.58. The molecule has 4 aromatic rings. The second-order valence-corrected chi connectivity index (χ2v) is 9.25. The summed E-state index contributed by atoms with van der Waals surface area (Å²) in [6.45, 7) is 7.78. The molecule has 162 valence electrons. The molecule has 3 heterocycles. The van der Waals surface area contributed by atoms with Crippen molar-refractivity contribution in [1.82, 2.24) is 4.98 Å². The first kappa shape index (κ1) is 20.5. The van der Waals surface area contributed by atoms with Gasteiger partial charge in [-0.2, -0.15) is 0 Å². The molecule has 0 saturated heterocycles. The molecule has 0 aliphatic carbocycles. The summed E-state index contributed by atoms with van der Waals surface area (Å²) in [5.74, 6) is 0.279. The quantitative estimate of drug-likeness (QED) is 0.430. The standard InChI is InChI=1S/C25H22N2O4S/c1-12-10-17-19(11-13(12)2)31-23-20(22(17)28)21(16-8-6-7-9-18(16)30-5)27(24(23)29)25-26-14(3)15(4)32-25/h6-11,21H,1-5H3. The highest BCUT2D eigenvalue weighted by Crippen LogP contribution is 2.45. The molecule has 2 aromatic heterocycles. The molecular formula is C25H22N2O4S. The number of thiazole rings is 1. The maximum atomic E-state index is 13.8. The van der Waals surface area contributed by atoms with E-state index in [9.17, 15) is 9.59 Å². The Morgan fingerprint density at radius 2 is 1.78 bits per heavy atom. The highest BCUT2D eigenvalue weighted by Gasteiger charge is 2.46. The smallest absolute Gasteiger partial charge is 0.297 e. The second-order valence-electron chi connectivity index (χ2n) is 8.06. The van der Waals surface area contributed by atoms with Crippen LogP contribution in [0.25, 0.3) is 11.0 Å². The number of aryl methyl sites for hydroxylation is 4. The highest BCUT2D eigenvalue weighted by molar-refractivity contribution is 7.15. The van der Waals surface area contributed by atoms with Crippen LogP contribution in [0.5, 0.6) is 5.75 Å². The number of nitrogens with zero attached hydrogens (tertiary/aromatic N) is 2. The molecule has 32 heavy (non-hydrogen) atoms. The van der Waals surface area contributed by atoms with E-state index in [1.165, 1.54) is 11.3 Å². The van der Waals surface area contributed by atoms with Gasteiger partial charge in [-0.3, -0.25) is 14.5 Å². The summed E-state index contributed by atoms with van der Waals surface area (Å²) in [5.41, 5.74) is 4.08. The van der Waals surface area contributed by atoms with Crippen LogP contribution in [0.15, 0.2) is 45.6 Å². The molecule has 7 heteroatoms. The van der Waals surface area contributed by atoms with E-state index in [1.54, 1.807) is 12.0 Å². The summed E-state index contributed by atoms with van der Waals surface area (Å²) in [6.07, 6.45) is 0. The number of carbonyl (C=O) groups excluding carboxylic acids is 1. The van der Waals surface area contributed by atoms with Crippen LogP contribution < -0.4 is 15.1 Å². The molecule has 1 unspecified atom stereocenters. The van der Waals surface area contributed by atoms with Gasteiger partial charge < -0.3 is 9.15 Å². The Labute approximate surface area is 189 Å². The molecule has 1 amide bonds. The lowest BCUT2D eigenvalue weighted by Crippen LogP contribution is -2.29. The minimum absolute atomic E-state index is 0.0622. The number of para-hydroxylation sites is 1. The van der Waals surface area contributed by atoms with Crippen molar-refractivity contribution in [3.63, 3.8) is 0 Å². The first-order valence-corrected chi connectivity index (χ1v) is 11.1. The lowest BCUT2D eigenvalue weighted by atomic mass is 9.97. The molecule has 1 aliphatic rings. The number of hydrogen-bond acceptors (Lipinski definition) is 6. The van der Waals surface area contributed by atoms with Crippen molar-refractivity contribution in [2.24, 2.45) is 0 Å². The van der Waals surface area contributed by atoms with E-state index in [1.807, 2.05) is 64.1 Å². The molecule has 0 radical (unpaired) electrons. The molecule has 6 nitrogen and oxygen atoms in total. The molecule has 0 bridgehead atoms. The zero-order valence-electron chi connectivity index (χ0n) is 18.5. The lowest BCUT2D eigenvalue weighted by molar-refractivity contribution is 0.0970. The van der Waals surface area contributed by atoms with Gasteiger partial charge in [-0.25, -0.2) is 4.98 Å². The first-order chi connectivity index (χ1) is 15.3. The second kappa shape index (κ2) is 7.31. The van der Waals surface area contributed by atoms with Crippen LogP contribution in [0.2, 0.25) is 0 Å². The predicted molar refractivity (Wildman–Crippen MR) is 125 cm³/mol. The molecule has 0 saturated carbocycles. The molecule has 1 atom stereocenters. The molecule has 5 rings (SSSR count). The average Bonchev–Trinajstić information content (AvgIpc) is 3.25. The number of amides is 1. The monoisotopic (exact) mass is 446 g/mol. The van der Waals surface area contributed by atoms with E-state index in [2.05, 4.69) is 4.98 Å². The average molecular weight is 447 g/mol. The SMILES string of the molecule is COc1ccccc1C1c2c(oc3cc(C)c(C)cc3c2=O)C(=O)N1c1nc(C)c(C)s1. The zero-order valence-corrected chi connectivity index (χ0v) is 19.3. The maximum absolute atomic E-state index is 13.8. The van der Waals surface area contributed by atoms with Gasteiger partial charge in [-0.05, 0) is 57.0 Å². The summed E-state index contributed by atoms with van der Waals surface area (Å²) >= 11 is 1.42. The number of fused-ring (bicyclic) bond motifs is 2. The van der Waals surface area contributed by atoms with E-state index in [0.29, 0.717) is 33.0 Å². The Morgan fingerprint density at radius 3 is 2.47 bits per heavy atom. The number of methoxy groups -OCH3 is 1. The van der Waals surface area contributed by atoms with Gasteiger partial charge in [0, 0.05) is 10.4 Å².